The first-order valence-electron chi connectivity index (χ1n) is 6.52. The summed E-state index contributed by atoms with van der Waals surface area (Å²) in [5, 5.41) is 13.3. The number of amides is 1. The second-order valence-corrected chi connectivity index (χ2v) is 4.46. The molecule has 0 bridgehead atoms. The number of fused-ring (bicyclic) bond motifs is 1. The summed E-state index contributed by atoms with van der Waals surface area (Å²) in [7, 11) is 3.42. The highest BCUT2D eigenvalue weighted by Crippen LogP contribution is 2.22. The van der Waals surface area contributed by atoms with Crippen LogP contribution < -0.4 is 15.5 Å². The van der Waals surface area contributed by atoms with Gasteiger partial charge in [-0.25, -0.2) is 0 Å². The lowest BCUT2D eigenvalue weighted by molar-refractivity contribution is -0.119. The SMILES string of the molecule is CCCNc1nc(N(C)CC(=O)NC)c2cn[nH]c2n1. The average molecular weight is 277 g/mol. The molecule has 2 aromatic rings. The molecule has 1 amide bonds. The summed E-state index contributed by atoms with van der Waals surface area (Å²) in [6, 6.07) is 0. The average Bonchev–Trinajstić information content (AvgIpc) is 2.92. The Morgan fingerprint density at radius 2 is 2.25 bits per heavy atom. The molecule has 0 unspecified atom stereocenters. The van der Waals surface area contributed by atoms with Gasteiger partial charge in [-0.05, 0) is 6.42 Å². The van der Waals surface area contributed by atoms with Crippen molar-refractivity contribution in [2.75, 3.05) is 37.4 Å². The molecule has 0 radical (unpaired) electrons. The lowest BCUT2D eigenvalue weighted by atomic mass is 10.3. The molecule has 2 rings (SSSR count). The van der Waals surface area contributed by atoms with E-state index in [2.05, 4.69) is 37.7 Å². The third-order valence-electron chi connectivity index (χ3n) is 2.84. The zero-order valence-electron chi connectivity index (χ0n) is 11.9. The Kier molecular flexibility index (Phi) is 4.34. The highest BCUT2D eigenvalue weighted by atomic mass is 16.1. The van der Waals surface area contributed by atoms with Crippen molar-refractivity contribution in [2.24, 2.45) is 0 Å². The van der Waals surface area contributed by atoms with Crippen molar-refractivity contribution >= 4 is 28.7 Å². The number of nitrogens with zero attached hydrogens (tertiary/aromatic N) is 4. The summed E-state index contributed by atoms with van der Waals surface area (Å²) in [4.78, 5) is 22.1. The van der Waals surface area contributed by atoms with E-state index in [0.29, 0.717) is 17.4 Å². The number of rotatable bonds is 6. The minimum atomic E-state index is -0.0779. The van der Waals surface area contributed by atoms with Crippen LogP contribution in [0.1, 0.15) is 13.3 Å². The molecule has 20 heavy (non-hydrogen) atoms. The number of aromatic amines is 1. The van der Waals surface area contributed by atoms with Crippen molar-refractivity contribution in [3.63, 3.8) is 0 Å². The van der Waals surface area contributed by atoms with Gasteiger partial charge < -0.3 is 15.5 Å². The lowest BCUT2D eigenvalue weighted by Crippen LogP contribution is -2.33. The Bertz CT molecular complexity index is 595. The molecule has 0 aliphatic heterocycles. The molecular weight excluding hydrogens is 258 g/mol. The van der Waals surface area contributed by atoms with E-state index < -0.39 is 0 Å². The predicted octanol–water partition coefficient (Wildman–Crippen LogP) is 0.357. The van der Waals surface area contributed by atoms with Gasteiger partial charge in [-0.1, -0.05) is 6.92 Å². The van der Waals surface area contributed by atoms with E-state index >= 15 is 0 Å². The molecule has 2 aromatic heterocycles. The second kappa shape index (κ2) is 6.18. The van der Waals surface area contributed by atoms with Gasteiger partial charge >= 0.3 is 0 Å². The number of nitrogens with one attached hydrogen (secondary N) is 3. The Morgan fingerprint density at radius 1 is 1.45 bits per heavy atom. The Balaban J connectivity index is 2.33. The molecule has 8 heteroatoms. The number of likely N-dealkylation sites (N-methyl/N-ethyl adjacent to an activating group) is 2. The quantitative estimate of drug-likeness (QED) is 0.705. The molecule has 0 aliphatic carbocycles. The van der Waals surface area contributed by atoms with Gasteiger partial charge in [-0.2, -0.15) is 15.1 Å². The molecule has 0 aliphatic rings. The number of carbonyl (C=O) groups is 1. The van der Waals surface area contributed by atoms with Crippen LogP contribution in [0, 0.1) is 0 Å². The van der Waals surface area contributed by atoms with Crippen molar-refractivity contribution in [1.29, 1.82) is 0 Å². The van der Waals surface area contributed by atoms with Crippen LogP contribution in [-0.2, 0) is 4.79 Å². The molecule has 3 N–H and O–H groups in total. The Morgan fingerprint density at radius 3 is 2.95 bits per heavy atom. The minimum absolute atomic E-state index is 0.0779. The molecular formula is C12H19N7O. The lowest BCUT2D eigenvalue weighted by Gasteiger charge is -2.18. The summed E-state index contributed by atoms with van der Waals surface area (Å²) < 4.78 is 0. The molecule has 0 aromatic carbocycles. The van der Waals surface area contributed by atoms with Gasteiger partial charge in [-0.15, -0.1) is 0 Å². The number of carbonyl (C=O) groups excluding carboxylic acids is 1. The third-order valence-corrected chi connectivity index (χ3v) is 2.84. The van der Waals surface area contributed by atoms with Gasteiger partial charge in [0.05, 0.1) is 18.1 Å². The van der Waals surface area contributed by atoms with Crippen LogP contribution in [0.2, 0.25) is 0 Å². The molecule has 8 nitrogen and oxygen atoms in total. The second-order valence-electron chi connectivity index (χ2n) is 4.46. The molecule has 0 saturated heterocycles. The standard InChI is InChI=1S/C12H19N7O/c1-4-5-14-12-16-10-8(6-15-18-10)11(17-12)19(3)7-9(20)13-2/h6H,4-5,7H2,1-3H3,(H,13,20)(H2,14,15,16,17,18). The summed E-state index contributed by atoms with van der Waals surface area (Å²) >= 11 is 0. The summed E-state index contributed by atoms with van der Waals surface area (Å²) in [5.74, 6) is 1.12. The maximum atomic E-state index is 11.5. The number of aromatic nitrogens is 4. The van der Waals surface area contributed by atoms with Crippen LogP contribution in [-0.4, -0.2) is 53.3 Å². The Labute approximate surface area is 117 Å². The highest BCUT2D eigenvalue weighted by Gasteiger charge is 2.14. The van der Waals surface area contributed by atoms with Crippen molar-refractivity contribution in [3.05, 3.63) is 6.20 Å². The van der Waals surface area contributed by atoms with E-state index in [0.717, 1.165) is 18.4 Å². The monoisotopic (exact) mass is 277 g/mol. The summed E-state index contributed by atoms with van der Waals surface area (Å²) in [5.41, 5.74) is 0.650. The zero-order chi connectivity index (χ0) is 14.5. The van der Waals surface area contributed by atoms with Crippen LogP contribution >= 0.6 is 0 Å². The molecule has 2 heterocycles. The van der Waals surface area contributed by atoms with E-state index in [-0.39, 0.29) is 12.5 Å². The van der Waals surface area contributed by atoms with Crippen LogP contribution in [0.4, 0.5) is 11.8 Å². The van der Waals surface area contributed by atoms with Gasteiger partial charge in [0.1, 0.15) is 5.82 Å². The molecule has 108 valence electrons. The van der Waals surface area contributed by atoms with Crippen molar-refractivity contribution < 1.29 is 4.79 Å². The van der Waals surface area contributed by atoms with Gasteiger partial charge in [0.2, 0.25) is 11.9 Å². The highest BCUT2D eigenvalue weighted by molar-refractivity contribution is 5.90. The first-order chi connectivity index (χ1) is 9.65. The Hall–Kier alpha value is -2.38. The van der Waals surface area contributed by atoms with Gasteiger partial charge in [0.15, 0.2) is 5.65 Å². The molecule has 0 fully saturated rings. The van der Waals surface area contributed by atoms with Gasteiger partial charge in [-0.3, -0.25) is 9.89 Å². The van der Waals surface area contributed by atoms with Crippen LogP contribution in [0.3, 0.4) is 0 Å². The van der Waals surface area contributed by atoms with E-state index in [4.69, 9.17) is 0 Å². The smallest absolute Gasteiger partial charge is 0.239 e. The minimum Gasteiger partial charge on any atom is -0.358 e. The first kappa shape index (κ1) is 14.0. The maximum absolute atomic E-state index is 11.5. The molecule has 0 spiro atoms. The fourth-order valence-corrected chi connectivity index (χ4v) is 1.80. The van der Waals surface area contributed by atoms with Gasteiger partial charge in [0.25, 0.3) is 0 Å². The first-order valence-corrected chi connectivity index (χ1v) is 6.52. The fraction of sp³-hybridized carbons (Fsp3) is 0.500. The fourth-order valence-electron chi connectivity index (χ4n) is 1.80. The van der Waals surface area contributed by atoms with Crippen LogP contribution in [0.5, 0.6) is 0 Å². The number of anilines is 2. The number of hydrogen-bond donors (Lipinski definition) is 3. The normalized spacial score (nSPS) is 10.6. The molecule has 0 atom stereocenters. The summed E-state index contributed by atoms with van der Waals surface area (Å²) in [6.45, 7) is 3.08. The van der Waals surface area contributed by atoms with E-state index in [1.165, 1.54) is 0 Å². The van der Waals surface area contributed by atoms with E-state index in [9.17, 15) is 4.79 Å². The predicted molar refractivity (Wildman–Crippen MR) is 77.8 cm³/mol. The van der Waals surface area contributed by atoms with Crippen molar-refractivity contribution in [1.82, 2.24) is 25.5 Å². The van der Waals surface area contributed by atoms with Crippen LogP contribution in [0.25, 0.3) is 11.0 Å². The van der Waals surface area contributed by atoms with Crippen molar-refractivity contribution in [3.8, 4) is 0 Å². The number of H-pyrrole nitrogens is 1. The third kappa shape index (κ3) is 2.95. The summed E-state index contributed by atoms with van der Waals surface area (Å²) in [6.07, 6.45) is 2.64. The van der Waals surface area contributed by atoms with Gasteiger partial charge in [0, 0.05) is 20.6 Å². The van der Waals surface area contributed by atoms with E-state index in [1.54, 1.807) is 18.1 Å². The van der Waals surface area contributed by atoms with Crippen LogP contribution in [0.15, 0.2) is 6.20 Å². The van der Waals surface area contributed by atoms with Crippen molar-refractivity contribution in [2.45, 2.75) is 13.3 Å². The zero-order valence-corrected chi connectivity index (χ0v) is 11.9. The topological polar surface area (TPSA) is 98.8 Å². The largest absolute Gasteiger partial charge is 0.358 e. The van der Waals surface area contributed by atoms with E-state index in [1.807, 2.05) is 7.05 Å². The number of hydrogen-bond acceptors (Lipinski definition) is 6. The maximum Gasteiger partial charge on any atom is 0.239 e. The molecule has 0 saturated carbocycles.